The SMILES string of the molecule is O=C1CC(=O)NC(=O)N1.[LiH]. The van der Waals surface area contributed by atoms with Crippen LogP contribution in [0.4, 0.5) is 4.79 Å². The van der Waals surface area contributed by atoms with Crippen LogP contribution < -0.4 is 10.6 Å². The van der Waals surface area contributed by atoms with Crippen LogP contribution in [0.2, 0.25) is 0 Å². The van der Waals surface area contributed by atoms with Crippen molar-refractivity contribution < 1.29 is 14.4 Å². The number of carbonyl (C=O) groups excluding carboxylic acids is 3. The third kappa shape index (κ3) is 2.21. The van der Waals surface area contributed by atoms with Crippen LogP contribution in [0.3, 0.4) is 0 Å². The molecule has 0 atom stereocenters. The predicted octanol–water partition coefficient (Wildman–Crippen LogP) is -1.91. The monoisotopic (exact) mass is 136 g/mol. The molecule has 1 saturated heterocycles. The number of barbiturate groups is 1. The molecule has 5 nitrogen and oxygen atoms in total. The number of urea groups is 1. The van der Waals surface area contributed by atoms with Crippen molar-refractivity contribution >= 4 is 36.7 Å². The van der Waals surface area contributed by atoms with Crippen LogP contribution in [0.5, 0.6) is 0 Å². The van der Waals surface area contributed by atoms with E-state index in [-0.39, 0.29) is 25.3 Å². The first-order valence-electron chi connectivity index (χ1n) is 2.32. The van der Waals surface area contributed by atoms with E-state index in [9.17, 15) is 14.4 Å². The van der Waals surface area contributed by atoms with Gasteiger partial charge < -0.3 is 0 Å². The average Bonchev–Trinajstić information content (AvgIpc) is 1.59. The summed E-state index contributed by atoms with van der Waals surface area (Å²) in [6.45, 7) is 0. The number of amides is 4. The Hall–Kier alpha value is -0.793. The molecule has 0 bridgehead atoms. The molecule has 0 aromatic carbocycles. The Morgan fingerprint density at radius 3 is 1.70 bits per heavy atom. The first-order chi connectivity index (χ1) is 4.18. The number of imide groups is 2. The summed E-state index contributed by atoms with van der Waals surface area (Å²) < 4.78 is 0. The Labute approximate surface area is 68.7 Å². The first-order valence-corrected chi connectivity index (χ1v) is 2.32. The van der Waals surface area contributed by atoms with Crippen LogP contribution in [0.15, 0.2) is 0 Å². The Morgan fingerprint density at radius 2 is 1.40 bits per heavy atom. The normalized spacial score (nSPS) is 17.0. The van der Waals surface area contributed by atoms with Crippen molar-refractivity contribution in [2.24, 2.45) is 0 Å². The van der Waals surface area contributed by atoms with Crippen LogP contribution in [-0.4, -0.2) is 36.7 Å². The van der Waals surface area contributed by atoms with E-state index < -0.39 is 17.8 Å². The molecule has 0 aromatic heterocycles. The molecule has 0 unspecified atom stereocenters. The molecule has 4 amide bonds. The van der Waals surface area contributed by atoms with Crippen molar-refractivity contribution in [2.75, 3.05) is 0 Å². The fourth-order valence-corrected chi connectivity index (χ4v) is 0.519. The second-order valence-electron chi connectivity index (χ2n) is 1.60. The zero-order chi connectivity index (χ0) is 6.85. The van der Waals surface area contributed by atoms with Crippen molar-refractivity contribution in [2.45, 2.75) is 6.42 Å². The van der Waals surface area contributed by atoms with E-state index in [0.29, 0.717) is 0 Å². The number of rotatable bonds is 0. The molecule has 50 valence electrons. The number of hydrogen-bond acceptors (Lipinski definition) is 3. The molecule has 1 aliphatic rings. The fourth-order valence-electron chi connectivity index (χ4n) is 0.519. The van der Waals surface area contributed by atoms with E-state index >= 15 is 0 Å². The Bertz CT molecular complexity index is 146. The minimum atomic E-state index is -0.740. The second-order valence-corrected chi connectivity index (χ2v) is 1.60. The third-order valence-electron chi connectivity index (χ3n) is 0.827. The van der Waals surface area contributed by atoms with Gasteiger partial charge in [0.15, 0.2) is 0 Å². The molecule has 10 heavy (non-hydrogen) atoms. The predicted molar refractivity (Wildman–Crippen MR) is 33.4 cm³/mol. The molecule has 1 aliphatic heterocycles. The van der Waals surface area contributed by atoms with Crippen molar-refractivity contribution in [3.63, 3.8) is 0 Å². The van der Waals surface area contributed by atoms with Crippen molar-refractivity contribution in [1.82, 2.24) is 10.6 Å². The van der Waals surface area contributed by atoms with Crippen LogP contribution >= 0.6 is 0 Å². The first kappa shape index (κ1) is 9.21. The summed E-state index contributed by atoms with van der Waals surface area (Å²) in [6, 6.07) is -0.740. The van der Waals surface area contributed by atoms with Gasteiger partial charge in [-0.1, -0.05) is 0 Å². The van der Waals surface area contributed by atoms with Gasteiger partial charge in [-0.2, -0.15) is 0 Å². The molecular formula is C4H5LiN2O3. The number of carbonyl (C=O) groups is 3. The van der Waals surface area contributed by atoms with E-state index in [1.165, 1.54) is 0 Å². The maximum absolute atomic E-state index is 10.3. The molecule has 0 spiro atoms. The van der Waals surface area contributed by atoms with Crippen molar-refractivity contribution in [1.29, 1.82) is 0 Å². The van der Waals surface area contributed by atoms with Gasteiger partial charge in [-0.15, -0.1) is 0 Å². The van der Waals surface area contributed by atoms with Crippen LogP contribution in [-0.2, 0) is 9.59 Å². The average molecular weight is 136 g/mol. The van der Waals surface area contributed by atoms with Gasteiger partial charge in [0.25, 0.3) is 0 Å². The zero-order valence-electron chi connectivity index (χ0n) is 4.43. The standard InChI is InChI=1S/C4H4N2O3.Li.H/c7-2-1-3(8)6-4(9)5-2;;/h1H2,(H2,5,6,7,8,9);;. The third-order valence-corrected chi connectivity index (χ3v) is 0.827. The fraction of sp³-hybridized carbons (Fsp3) is 0.250. The van der Waals surface area contributed by atoms with E-state index in [0.717, 1.165) is 0 Å². The summed E-state index contributed by atoms with van der Waals surface area (Å²) in [5.41, 5.74) is 0. The van der Waals surface area contributed by atoms with Gasteiger partial charge in [0.1, 0.15) is 6.42 Å². The van der Waals surface area contributed by atoms with Gasteiger partial charge >= 0.3 is 24.9 Å². The Kier molecular flexibility index (Phi) is 3.13. The molecule has 1 fully saturated rings. The van der Waals surface area contributed by atoms with Gasteiger partial charge in [-0.25, -0.2) is 4.79 Å². The van der Waals surface area contributed by atoms with E-state index in [1.807, 2.05) is 10.6 Å². The van der Waals surface area contributed by atoms with E-state index in [1.54, 1.807) is 0 Å². The molecule has 0 aromatic rings. The van der Waals surface area contributed by atoms with Crippen LogP contribution in [0.25, 0.3) is 0 Å². The summed E-state index contributed by atoms with van der Waals surface area (Å²) in [5.74, 6) is -1.10. The van der Waals surface area contributed by atoms with Gasteiger partial charge in [0, 0.05) is 0 Å². The maximum atomic E-state index is 10.3. The molecule has 2 N–H and O–H groups in total. The molecule has 6 heteroatoms. The molecule has 1 heterocycles. The second kappa shape index (κ2) is 3.39. The Morgan fingerprint density at radius 1 is 1.00 bits per heavy atom. The summed E-state index contributed by atoms with van der Waals surface area (Å²) in [7, 11) is 0. The van der Waals surface area contributed by atoms with Crippen LogP contribution in [0, 0.1) is 0 Å². The van der Waals surface area contributed by atoms with Crippen molar-refractivity contribution in [3.05, 3.63) is 0 Å². The molecule has 0 saturated carbocycles. The molecule has 1 rings (SSSR count). The number of nitrogens with one attached hydrogen (secondary N) is 2. The number of hydrogen-bond donors (Lipinski definition) is 2. The van der Waals surface area contributed by atoms with Gasteiger partial charge in [0.2, 0.25) is 11.8 Å². The summed E-state index contributed by atoms with van der Waals surface area (Å²) >= 11 is 0. The van der Waals surface area contributed by atoms with Gasteiger partial charge in [-0.05, 0) is 0 Å². The van der Waals surface area contributed by atoms with Crippen molar-refractivity contribution in [3.8, 4) is 0 Å². The quantitative estimate of drug-likeness (QED) is 0.301. The molecule has 0 aliphatic carbocycles. The van der Waals surface area contributed by atoms with E-state index in [4.69, 9.17) is 0 Å². The molecule has 0 radical (unpaired) electrons. The zero-order valence-corrected chi connectivity index (χ0v) is 4.43. The van der Waals surface area contributed by atoms with Crippen LogP contribution in [0.1, 0.15) is 6.42 Å². The molecular weight excluding hydrogens is 131 g/mol. The topological polar surface area (TPSA) is 75.3 Å². The van der Waals surface area contributed by atoms with Gasteiger partial charge in [-0.3, -0.25) is 20.2 Å². The van der Waals surface area contributed by atoms with E-state index in [2.05, 4.69) is 0 Å². The summed E-state index contributed by atoms with van der Waals surface area (Å²) in [6.07, 6.45) is -0.258. The minimum absolute atomic E-state index is 0. The van der Waals surface area contributed by atoms with Gasteiger partial charge in [0.05, 0.1) is 0 Å². The summed E-state index contributed by atoms with van der Waals surface area (Å²) in [4.78, 5) is 30.8. The Balaban J connectivity index is 0.000000810. The summed E-state index contributed by atoms with van der Waals surface area (Å²) in [5, 5.41) is 3.80.